The Hall–Kier alpha value is -3.44. The molecule has 0 unspecified atom stereocenters. The maximum atomic E-state index is 5.35. The van der Waals surface area contributed by atoms with E-state index in [0.717, 1.165) is 0 Å². The lowest BCUT2D eigenvalue weighted by Gasteiger charge is -1.90. The molecule has 0 aromatic heterocycles. The minimum Gasteiger partial charge on any atom is -0.412 e. The second kappa shape index (κ2) is 27.8. The highest BCUT2D eigenvalue weighted by Crippen LogP contribution is 1.96. The molecule has 36 heavy (non-hydrogen) atoms. The molecule has 4 aromatic carbocycles. The van der Waals surface area contributed by atoms with Crippen LogP contribution in [0.5, 0.6) is 0 Å². The molecule has 0 heterocycles. The summed E-state index contributed by atoms with van der Waals surface area (Å²) in [5.74, 6) is 0. The summed E-state index contributed by atoms with van der Waals surface area (Å²) in [6, 6.07) is 40.0. The van der Waals surface area contributed by atoms with Crippen molar-refractivity contribution in [3.8, 4) is 0 Å². The van der Waals surface area contributed by atoms with E-state index in [4.69, 9.17) is 22.9 Å². The maximum Gasteiger partial charge on any atom is 0.0178 e. The SMILES string of the molecule is NCc1ccccc1.NCc1ccccc1.NCc1ccccc1.NCc1ccccc1.O.O.O.O. The van der Waals surface area contributed by atoms with Gasteiger partial charge in [0.15, 0.2) is 0 Å². The Morgan fingerprint density at radius 3 is 0.500 bits per heavy atom. The van der Waals surface area contributed by atoms with Gasteiger partial charge >= 0.3 is 0 Å². The van der Waals surface area contributed by atoms with Crippen molar-refractivity contribution in [2.75, 3.05) is 0 Å². The number of benzene rings is 4. The molecule has 0 aliphatic carbocycles. The summed E-state index contributed by atoms with van der Waals surface area (Å²) < 4.78 is 0. The van der Waals surface area contributed by atoms with Crippen LogP contribution in [0.3, 0.4) is 0 Å². The maximum absolute atomic E-state index is 5.35. The van der Waals surface area contributed by atoms with Crippen LogP contribution >= 0.6 is 0 Å². The van der Waals surface area contributed by atoms with Crippen LogP contribution in [0.1, 0.15) is 22.3 Å². The van der Waals surface area contributed by atoms with E-state index in [-0.39, 0.29) is 21.9 Å². The quantitative estimate of drug-likeness (QED) is 0.324. The van der Waals surface area contributed by atoms with E-state index in [1.54, 1.807) is 0 Å². The summed E-state index contributed by atoms with van der Waals surface area (Å²) in [5.41, 5.74) is 26.1. The first-order chi connectivity index (χ1) is 15.7. The van der Waals surface area contributed by atoms with Crippen LogP contribution in [0.15, 0.2) is 121 Å². The minimum absolute atomic E-state index is 0. The van der Waals surface area contributed by atoms with Gasteiger partial charge in [0.25, 0.3) is 0 Å². The van der Waals surface area contributed by atoms with Crippen molar-refractivity contribution in [3.63, 3.8) is 0 Å². The van der Waals surface area contributed by atoms with Crippen molar-refractivity contribution in [1.82, 2.24) is 0 Å². The van der Waals surface area contributed by atoms with E-state index < -0.39 is 0 Å². The number of rotatable bonds is 4. The molecule has 0 aliphatic heterocycles. The fourth-order valence-electron chi connectivity index (χ4n) is 2.46. The molecule has 0 fully saturated rings. The standard InChI is InChI=1S/4C7H9N.4H2O/c4*8-6-7-4-2-1-3-5-7;;;;/h4*1-5H,6,8H2;4*1H2. The predicted molar refractivity (Wildman–Crippen MR) is 152 cm³/mol. The topological polar surface area (TPSA) is 230 Å². The van der Waals surface area contributed by atoms with Gasteiger partial charge in [0.05, 0.1) is 0 Å². The molecule has 0 atom stereocenters. The molecule has 4 rings (SSSR count). The molecule has 8 nitrogen and oxygen atoms in total. The van der Waals surface area contributed by atoms with E-state index in [1.165, 1.54) is 22.3 Å². The third-order valence-electron chi connectivity index (χ3n) is 4.31. The largest absolute Gasteiger partial charge is 0.412 e. The van der Waals surface area contributed by atoms with Gasteiger partial charge in [-0.3, -0.25) is 0 Å². The molecule has 200 valence electrons. The molecule has 0 saturated carbocycles. The number of hydrogen-bond donors (Lipinski definition) is 4. The summed E-state index contributed by atoms with van der Waals surface area (Å²) in [5, 5.41) is 0. The zero-order valence-electron chi connectivity index (χ0n) is 20.7. The highest BCUT2D eigenvalue weighted by Gasteiger charge is 1.82. The highest BCUT2D eigenvalue weighted by molar-refractivity contribution is 5.15. The Balaban J connectivity index is -0.000000183. The summed E-state index contributed by atoms with van der Waals surface area (Å²) in [4.78, 5) is 0. The van der Waals surface area contributed by atoms with Gasteiger partial charge in [-0.25, -0.2) is 0 Å². The predicted octanol–water partition coefficient (Wildman–Crippen LogP) is 1.28. The summed E-state index contributed by atoms with van der Waals surface area (Å²) in [6.45, 7) is 2.56. The lowest BCUT2D eigenvalue weighted by atomic mass is 10.2. The van der Waals surface area contributed by atoms with Crippen LogP contribution in [0.2, 0.25) is 0 Å². The van der Waals surface area contributed by atoms with E-state index in [0.29, 0.717) is 26.2 Å². The normalized spacial score (nSPS) is 8.11. The Kier molecular flexibility index (Phi) is 30.7. The lowest BCUT2D eigenvalue weighted by Crippen LogP contribution is -1.94. The fourth-order valence-corrected chi connectivity index (χ4v) is 2.46. The monoisotopic (exact) mass is 500 g/mol. The first-order valence-electron chi connectivity index (χ1n) is 10.7. The zero-order chi connectivity index (χ0) is 23.3. The molecule has 0 aliphatic rings. The van der Waals surface area contributed by atoms with Crippen LogP contribution in [0, 0.1) is 0 Å². The van der Waals surface area contributed by atoms with Gasteiger partial charge in [-0.2, -0.15) is 0 Å². The van der Waals surface area contributed by atoms with Gasteiger partial charge in [0, 0.05) is 26.2 Å². The van der Waals surface area contributed by atoms with Crippen molar-refractivity contribution in [1.29, 1.82) is 0 Å². The van der Waals surface area contributed by atoms with Gasteiger partial charge in [0.2, 0.25) is 0 Å². The molecule has 4 aromatic rings. The van der Waals surface area contributed by atoms with Crippen molar-refractivity contribution in [3.05, 3.63) is 144 Å². The Bertz CT molecular complexity index is 759. The lowest BCUT2D eigenvalue weighted by molar-refractivity contribution is 0.823. The second-order valence-electron chi connectivity index (χ2n) is 6.76. The molecular formula is C28H44N4O4. The fraction of sp³-hybridized carbons (Fsp3) is 0.143. The van der Waals surface area contributed by atoms with Crippen LogP contribution in [0.4, 0.5) is 0 Å². The Morgan fingerprint density at radius 1 is 0.278 bits per heavy atom. The molecule has 0 amide bonds. The smallest absolute Gasteiger partial charge is 0.0178 e. The van der Waals surface area contributed by atoms with Gasteiger partial charge in [-0.1, -0.05) is 121 Å². The van der Waals surface area contributed by atoms with E-state index in [2.05, 4.69) is 0 Å². The summed E-state index contributed by atoms with van der Waals surface area (Å²) in [7, 11) is 0. The molecule has 8 heteroatoms. The van der Waals surface area contributed by atoms with E-state index >= 15 is 0 Å². The van der Waals surface area contributed by atoms with Crippen LogP contribution in [0.25, 0.3) is 0 Å². The number of nitrogens with two attached hydrogens (primary N) is 4. The molecule has 0 saturated heterocycles. The summed E-state index contributed by atoms with van der Waals surface area (Å²) in [6.07, 6.45) is 0. The van der Waals surface area contributed by atoms with Gasteiger partial charge in [-0.05, 0) is 22.3 Å². The molecule has 0 radical (unpaired) electrons. The van der Waals surface area contributed by atoms with Crippen LogP contribution in [-0.2, 0) is 26.2 Å². The van der Waals surface area contributed by atoms with Crippen molar-refractivity contribution < 1.29 is 21.9 Å². The molecule has 0 spiro atoms. The third kappa shape index (κ3) is 20.0. The first kappa shape index (κ1) is 39.8. The van der Waals surface area contributed by atoms with Crippen LogP contribution < -0.4 is 22.9 Å². The highest BCUT2D eigenvalue weighted by atomic mass is 16.0. The number of hydrogen-bond acceptors (Lipinski definition) is 4. The van der Waals surface area contributed by atoms with Crippen molar-refractivity contribution >= 4 is 0 Å². The molecule has 16 N–H and O–H groups in total. The third-order valence-corrected chi connectivity index (χ3v) is 4.31. The minimum atomic E-state index is 0. The Morgan fingerprint density at radius 2 is 0.417 bits per heavy atom. The molecular weight excluding hydrogens is 456 g/mol. The van der Waals surface area contributed by atoms with Crippen LogP contribution in [-0.4, -0.2) is 21.9 Å². The average Bonchev–Trinajstić information content (AvgIpc) is 2.91. The zero-order valence-corrected chi connectivity index (χ0v) is 20.7. The first-order valence-corrected chi connectivity index (χ1v) is 10.7. The van der Waals surface area contributed by atoms with Crippen molar-refractivity contribution in [2.24, 2.45) is 22.9 Å². The summed E-state index contributed by atoms with van der Waals surface area (Å²) >= 11 is 0. The molecule has 0 bridgehead atoms. The van der Waals surface area contributed by atoms with Gasteiger partial charge < -0.3 is 44.8 Å². The van der Waals surface area contributed by atoms with Gasteiger partial charge in [0.1, 0.15) is 0 Å². The second-order valence-corrected chi connectivity index (χ2v) is 6.76. The van der Waals surface area contributed by atoms with E-state index in [9.17, 15) is 0 Å². The van der Waals surface area contributed by atoms with Crippen molar-refractivity contribution in [2.45, 2.75) is 26.2 Å². The Labute approximate surface area is 214 Å². The average molecular weight is 501 g/mol. The van der Waals surface area contributed by atoms with Gasteiger partial charge in [-0.15, -0.1) is 0 Å². The van der Waals surface area contributed by atoms with E-state index in [1.807, 2.05) is 121 Å².